The summed E-state index contributed by atoms with van der Waals surface area (Å²) in [4.78, 5) is 28.5. The lowest BCUT2D eigenvalue weighted by atomic mass is 10.1. The van der Waals surface area contributed by atoms with Crippen molar-refractivity contribution in [3.05, 3.63) is 18.2 Å². The summed E-state index contributed by atoms with van der Waals surface area (Å²) in [6.45, 7) is 6.56. The highest BCUT2D eigenvalue weighted by Gasteiger charge is 2.27. The largest absolute Gasteiger partial charge is 0.495 e. The Kier molecular flexibility index (Phi) is 6.21. The molecule has 2 heterocycles. The van der Waals surface area contributed by atoms with E-state index >= 15 is 0 Å². The fourth-order valence-electron chi connectivity index (χ4n) is 3.51. The Morgan fingerprint density at radius 1 is 1.30 bits per heavy atom. The molecular formula is C20H29N3O4. The summed E-state index contributed by atoms with van der Waals surface area (Å²) in [5.74, 6) is 1.09. The highest BCUT2D eigenvalue weighted by molar-refractivity contribution is 5.97. The van der Waals surface area contributed by atoms with Crippen LogP contribution in [0.15, 0.2) is 18.2 Å². The zero-order valence-electron chi connectivity index (χ0n) is 16.4. The van der Waals surface area contributed by atoms with Crippen LogP contribution in [0, 0.1) is 5.92 Å². The number of nitrogens with zero attached hydrogens (tertiary/aromatic N) is 2. The molecule has 1 atom stereocenters. The molecule has 7 nitrogen and oxygen atoms in total. The van der Waals surface area contributed by atoms with Crippen molar-refractivity contribution >= 4 is 23.3 Å². The van der Waals surface area contributed by atoms with E-state index in [9.17, 15) is 9.59 Å². The van der Waals surface area contributed by atoms with Crippen LogP contribution in [0.1, 0.15) is 33.1 Å². The second kappa shape index (κ2) is 8.61. The van der Waals surface area contributed by atoms with Crippen molar-refractivity contribution in [1.29, 1.82) is 0 Å². The Hall–Kier alpha value is -2.28. The molecule has 7 heteroatoms. The molecule has 0 saturated carbocycles. The van der Waals surface area contributed by atoms with E-state index in [2.05, 4.69) is 19.2 Å². The Balaban J connectivity index is 1.74. The number of nitrogens with one attached hydrogen (secondary N) is 1. The van der Waals surface area contributed by atoms with E-state index in [1.165, 1.54) is 0 Å². The minimum absolute atomic E-state index is 0.0573. The fourth-order valence-corrected chi connectivity index (χ4v) is 3.51. The third-order valence-electron chi connectivity index (χ3n) is 5.17. The first-order valence-electron chi connectivity index (χ1n) is 9.65. The number of carbonyl (C=O) groups excluding carboxylic acids is 2. The molecule has 0 aliphatic carbocycles. The molecule has 0 radical (unpaired) electrons. The van der Waals surface area contributed by atoms with Crippen LogP contribution in [0.25, 0.3) is 0 Å². The van der Waals surface area contributed by atoms with Gasteiger partial charge < -0.3 is 24.6 Å². The smallest absolute Gasteiger partial charge is 0.322 e. The first-order valence-corrected chi connectivity index (χ1v) is 9.65. The predicted molar refractivity (Wildman–Crippen MR) is 104 cm³/mol. The number of morpholine rings is 1. The maximum atomic E-state index is 12.7. The highest BCUT2D eigenvalue weighted by Crippen LogP contribution is 2.33. The van der Waals surface area contributed by atoms with Gasteiger partial charge in [0.05, 0.1) is 25.5 Å². The molecule has 1 aromatic carbocycles. The number of amides is 3. The van der Waals surface area contributed by atoms with Crippen molar-refractivity contribution in [2.24, 2.45) is 5.92 Å². The lowest BCUT2D eigenvalue weighted by molar-refractivity contribution is -0.119. The molecule has 1 aromatic rings. The molecule has 148 valence electrons. The summed E-state index contributed by atoms with van der Waals surface area (Å²) < 4.78 is 11.2. The van der Waals surface area contributed by atoms with Gasteiger partial charge in [-0.2, -0.15) is 0 Å². The molecule has 2 saturated heterocycles. The van der Waals surface area contributed by atoms with E-state index in [-0.39, 0.29) is 18.0 Å². The number of benzene rings is 1. The standard InChI is InChI=1S/C20H29N3O4/c1-14(2)18-13-22(10-11-27-18)20(25)21-15-7-8-17(26-3)16(12-15)23-9-5-4-6-19(23)24/h7-8,12,14,18H,4-6,9-11,13H2,1-3H3,(H,21,25). The van der Waals surface area contributed by atoms with E-state index < -0.39 is 0 Å². The Labute approximate surface area is 160 Å². The van der Waals surface area contributed by atoms with Gasteiger partial charge in [-0.05, 0) is 37.0 Å². The second-order valence-electron chi connectivity index (χ2n) is 7.42. The van der Waals surface area contributed by atoms with Gasteiger partial charge in [-0.1, -0.05) is 13.8 Å². The van der Waals surface area contributed by atoms with Crippen molar-refractivity contribution in [2.45, 2.75) is 39.2 Å². The molecule has 27 heavy (non-hydrogen) atoms. The third kappa shape index (κ3) is 4.53. The van der Waals surface area contributed by atoms with Gasteiger partial charge in [0.1, 0.15) is 5.75 Å². The SMILES string of the molecule is COc1ccc(NC(=O)N2CCOC(C(C)C)C2)cc1N1CCCCC1=O. The van der Waals surface area contributed by atoms with Crippen LogP contribution < -0.4 is 15.0 Å². The average Bonchev–Trinajstić information content (AvgIpc) is 2.68. The summed E-state index contributed by atoms with van der Waals surface area (Å²) in [6.07, 6.45) is 2.49. The minimum atomic E-state index is -0.148. The van der Waals surface area contributed by atoms with Crippen molar-refractivity contribution < 1.29 is 19.1 Å². The van der Waals surface area contributed by atoms with Crippen LogP contribution in [-0.2, 0) is 9.53 Å². The number of hydrogen-bond donors (Lipinski definition) is 1. The first kappa shape index (κ1) is 19.5. The zero-order valence-corrected chi connectivity index (χ0v) is 16.4. The molecule has 3 rings (SSSR count). The fraction of sp³-hybridized carbons (Fsp3) is 0.600. The molecule has 0 spiro atoms. The number of anilines is 2. The second-order valence-corrected chi connectivity index (χ2v) is 7.42. The van der Waals surface area contributed by atoms with Crippen molar-refractivity contribution in [1.82, 2.24) is 4.90 Å². The molecule has 0 bridgehead atoms. The maximum absolute atomic E-state index is 12.7. The summed E-state index contributed by atoms with van der Waals surface area (Å²) in [5, 5.41) is 2.95. The third-order valence-corrected chi connectivity index (χ3v) is 5.17. The number of methoxy groups -OCH3 is 1. The van der Waals surface area contributed by atoms with Gasteiger partial charge in [-0.3, -0.25) is 4.79 Å². The number of carbonyl (C=O) groups is 2. The van der Waals surface area contributed by atoms with E-state index in [1.807, 2.05) is 6.07 Å². The van der Waals surface area contributed by atoms with Gasteiger partial charge in [-0.25, -0.2) is 4.79 Å². The van der Waals surface area contributed by atoms with E-state index in [0.29, 0.717) is 55.7 Å². The van der Waals surface area contributed by atoms with E-state index in [4.69, 9.17) is 9.47 Å². The van der Waals surface area contributed by atoms with Gasteiger partial charge in [0.15, 0.2) is 0 Å². The molecule has 2 fully saturated rings. The van der Waals surface area contributed by atoms with Gasteiger partial charge in [0.25, 0.3) is 0 Å². The van der Waals surface area contributed by atoms with E-state index in [0.717, 1.165) is 12.8 Å². The monoisotopic (exact) mass is 375 g/mol. The molecular weight excluding hydrogens is 346 g/mol. The molecule has 2 aliphatic rings. The Bertz CT molecular complexity index is 692. The first-order chi connectivity index (χ1) is 13.0. The number of urea groups is 1. The van der Waals surface area contributed by atoms with Crippen LogP contribution in [-0.4, -0.2) is 56.3 Å². The van der Waals surface area contributed by atoms with Gasteiger partial charge in [0.2, 0.25) is 5.91 Å². The number of rotatable bonds is 4. The van der Waals surface area contributed by atoms with Crippen molar-refractivity contribution in [2.75, 3.05) is 43.6 Å². The molecule has 2 aliphatic heterocycles. The number of ether oxygens (including phenoxy) is 2. The summed E-state index contributed by atoms with van der Waals surface area (Å²) in [5.41, 5.74) is 1.36. The van der Waals surface area contributed by atoms with Crippen LogP contribution in [0.2, 0.25) is 0 Å². The minimum Gasteiger partial charge on any atom is -0.495 e. The normalized spacial score (nSPS) is 20.7. The molecule has 0 aromatic heterocycles. The summed E-state index contributed by atoms with van der Waals surface area (Å²) in [7, 11) is 1.59. The van der Waals surface area contributed by atoms with Crippen LogP contribution >= 0.6 is 0 Å². The molecule has 1 unspecified atom stereocenters. The zero-order chi connectivity index (χ0) is 19.4. The van der Waals surface area contributed by atoms with Crippen LogP contribution in [0.4, 0.5) is 16.2 Å². The van der Waals surface area contributed by atoms with Gasteiger partial charge in [-0.15, -0.1) is 0 Å². The number of hydrogen-bond acceptors (Lipinski definition) is 4. The quantitative estimate of drug-likeness (QED) is 0.878. The lowest BCUT2D eigenvalue weighted by Gasteiger charge is -2.35. The summed E-state index contributed by atoms with van der Waals surface area (Å²) in [6, 6.07) is 5.27. The lowest BCUT2D eigenvalue weighted by Crippen LogP contribution is -2.48. The predicted octanol–water partition coefficient (Wildman–Crippen LogP) is 3.10. The Morgan fingerprint density at radius 2 is 2.11 bits per heavy atom. The molecule has 1 N–H and O–H groups in total. The van der Waals surface area contributed by atoms with E-state index in [1.54, 1.807) is 29.0 Å². The van der Waals surface area contributed by atoms with Gasteiger partial charge in [0, 0.05) is 31.7 Å². The number of piperidine rings is 1. The average molecular weight is 375 g/mol. The highest BCUT2D eigenvalue weighted by atomic mass is 16.5. The maximum Gasteiger partial charge on any atom is 0.322 e. The Morgan fingerprint density at radius 3 is 2.81 bits per heavy atom. The van der Waals surface area contributed by atoms with Crippen LogP contribution in [0.5, 0.6) is 5.75 Å². The van der Waals surface area contributed by atoms with Crippen molar-refractivity contribution in [3.8, 4) is 5.75 Å². The van der Waals surface area contributed by atoms with Crippen molar-refractivity contribution in [3.63, 3.8) is 0 Å². The summed E-state index contributed by atoms with van der Waals surface area (Å²) >= 11 is 0. The van der Waals surface area contributed by atoms with Crippen LogP contribution in [0.3, 0.4) is 0 Å². The molecule has 3 amide bonds. The topological polar surface area (TPSA) is 71.1 Å². The van der Waals surface area contributed by atoms with Gasteiger partial charge >= 0.3 is 6.03 Å².